The van der Waals surface area contributed by atoms with Crippen molar-refractivity contribution < 1.29 is 4.52 Å². The molecule has 0 unspecified atom stereocenters. The Morgan fingerprint density at radius 3 is 3.00 bits per heavy atom. The lowest BCUT2D eigenvalue weighted by Crippen LogP contribution is -1.79. The van der Waals surface area contributed by atoms with E-state index < -0.39 is 0 Å². The topological polar surface area (TPSA) is 26.0 Å². The standard InChI is InChI=1S/C12H13NO/c1-2-12-10-6-5-9(8-3-4-8)7-11(10)13-14-12/h5-8H,2-4H2,1H3. The largest absolute Gasteiger partial charge is 0.360 e. The number of hydrogen-bond donors (Lipinski definition) is 0. The fraction of sp³-hybridized carbons (Fsp3) is 0.417. The highest BCUT2D eigenvalue weighted by Crippen LogP contribution is 2.40. The molecule has 2 nitrogen and oxygen atoms in total. The van der Waals surface area contributed by atoms with Crippen LogP contribution in [0.3, 0.4) is 0 Å². The van der Waals surface area contributed by atoms with E-state index in [-0.39, 0.29) is 0 Å². The molecule has 0 bridgehead atoms. The highest BCUT2D eigenvalue weighted by molar-refractivity contribution is 5.81. The molecule has 0 spiro atoms. The Bertz CT molecular complexity index is 468. The van der Waals surface area contributed by atoms with Gasteiger partial charge in [-0.3, -0.25) is 0 Å². The summed E-state index contributed by atoms with van der Waals surface area (Å²) in [6.07, 6.45) is 3.59. The second-order valence-corrected chi connectivity index (χ2v) is 4.01. The fourth-order valence-electron chi connectivity index (χ4n) is 1.94. The number of aryl methyl sites for hydroxylation is 1. The van der Waals surface area contributed by atoms with Gasteiger partial charge in [-0.05, 0) is 36.5 Å². The first-order valence-corrected chi connectivity index (χ1v) is 5.26. The number of hydrogen-bond acceptors (Lipinski definition) is 2. The molecule has 0 radical (unpaired) electrons. The van der Waals surface area contributed by atoms with Gasteiger partial charge in [0.05, 0.1) is 0 Å². The highest BCUT2D eigenvalue weighted by atomic mass is 16.5. The lowest BCUT2D eigenvalue weighted by Gasteiger charge is -1.96. The van der Waals surface area contributed by atoms with Crippen molar-refractivity contribution in [3.05, 3.63) is 29.5 Å². The van der Waals surface area contributed by atoms with Crippen molar-refractivity contribution in [2.45, 2.75) is 32.1 Å². The van der Waals surface area contributed by atoms with Gasteiger partial charge in [0.1, 0.15) is 11.3 Å². The quantitative estimate of drug-likeness (QED) is 0.721. The molecule has 2 aromatic rings. The first-order valence-electron chi connectivity index (χ1n) is 5.26. The van der Waals surface area contributed by atoms with E-state index in [4.69, 9.17) is 4.52 Å². The predicted octanol–water partition coefficient (Wildman–Crippen LogP) is 3.27. The maximum absolute atomic E-state index is 5.27. The van der Waals surface area contributed by atoms with Crippen LogP contribution < -0.4 is 0 Å². The molecule has 0 N–H and O–H groups in total. The highest BCUT2D eigenvalue weighted by Gasteiger charge is 2.24. The minimum Gasteiger partial charge on any atom is -0.360 e. The van der Waals surface area contributed by atoms with Crippen molar-refractivity contribution in [1.29, 1.82) is 0 Å². The van der Waals surface area contributed by atoms with E-state index in [1.54, 1.807) is 0 Å². The van der Waals surface area contributed by atoms with Gasteiger partial charge in [0, 0.05) is 11.8 Å². The van der Waals surface area contributed by atoms with Crippen LogP contribution in [0.4, 0.5) is 0 Å². The van der Waals surface area contributed by atoms with E-state index in [2.05, 4.69) is 30.3 Å². The van der Waals surface area contributed by atoms with Gasteiger partial charge < -0.3 is 4.52 Å². The van der Waals surface area contributed by atoms with Gasteiger partial charge in [0.2, 0.25) is 0 Å². The molecule has 0 atom stereocenters. The van der Waals surface area contributed by atoms with E-state index in [0.717, 1.165) is 23.6 Å². The number of benzene rings is 1. The number of fused-ring (bicyclic) bond motifs is 1. The van der Waals surface area contributed by atoms with Gasteiger partial charge >= 0.3 is 0 Å². The summed E-state index contributed by atoms with van der Waals surface area (Å²) in [4.78, 5) is 0. The molecule has 3 rings (SSSR count). The van der Waals surface area contributed by atoms with E-state index in [1.165, 1.54) is 23.8 Å². The summed E-state index contributed by atoms with van der Waals surface area (Å²) in [5.74, 6) is 1.79. The van der Waals surface area contributed by atoms with Crippen molar-refractivity contribution in [2.24, 2.45) is 0 Å². The Morgan fingerprint density at radius 2 is 2.29 bits per heavy atom. The molecule has 1 aliphatic carbocycles. The first-order chi connectivity index (χ1) is 6.88. The first kappa shape index (κ1) is 8.04. The Hall–Kier alpha value is -1.31. The van der Waals surface area contributed by atoms with E-state index in [1.807, 2.05) is 0 Å². The van der Waals surface area contributed by atoms with Crippen LogP contribution in [0.25, 0.3) is 10.9 Å². The Labute approximate surface area is 82.9 Å². The molecule has 1 aromatic carbocycles. The zero-order valence-electron chi connectivity index (χ0n) is 8.29. The summed E-state index contributed by atoms with van der Waals surface area (Å²) in [7, 11) is 0. The molecule has 2 heteroatoms. The van der Waals surface area contributed by atoms with Crippen LogP contribution in [0.2, 0.25) is 0 Å². The summed E-state index contributed by atoms with van der Waals surface area (Å²) in [5.41, 5.74) is 2.44. The molecule has 0 saturated heterocycles. The third-order valence-electron chi connectivity index (χ3n) is 2.95. The zero-order valence-corrected chi connectivity index (χ0v) is 8.29. The molecule has 72 valence electrons. The number of aromatic nitrogens is 1. The summed E-state index contributed by atoms with van der Waals surface area (Å²) in [6.45, 7) is 2.09. The summed E-state index contributed by atoms with van der Waals surface area (Å²) >= 11 is 0. The molecular weight excluding hydrogens is 174 g/mol. The van der Waals surface area contributed by atoms with Crippen LogP contribution >= 0.6 is 0 Å². The van der Waals surface area contributed by atoms with Crippen molar-refractivity contribution in [3.8, 4) is 0 Å². The molecular formula is C12H13NO. The second kappa shape index (κ2) is 2.84. The number of nitrogens with zero attached hydrogens (tertiary/aromatic N) is 1. The molecule has 1 heterocycles. The second-order valence-electron chi connectivity index (χ2n) is 4.01. The Morgan fingerprint density at radius 1 is 1.43 bits per heavy atom. The van der Waals surface area contributed by atoms with Gasteiger partial charge in [-0.15, -0.1) is 0 Å². The molecule has 0 amide bonds. The molecule has 14 heavy (non-hydrogen) atoms. The van der Waals surface area contributed by atoms with Crippen LogP contribution in [0.5, 0.6) is 0 Å². The lowest BCUT2D eigenvalue weighted by atomic mass is 10.1. The minimum atomic E-state index is 0.793. The normalized spacial score (nSPS) is 16.4. The van der Waals surface area contributed by atoms with Crippen molar-refractivity contribution in [3.63, 3.8) is 0 Å². The summed E-state index contributed by atoms with van der Waals surface area (Å²) in [5, 5.41) is 5.26. The third kappa shape index (κ3) is 1.14. The van der Waals surface area contributed by atoms with Gasteiger partial charge in [0.25, 0.3) is 0 Å². The fourth-order valence-corrected chi connectivity index (χ4v) is 1.94. The predicted molar refractivity (Wildman–Crippen MR) is 55.4 cm³/mol. The Kier molecular flexibility index (Phi) is 1.63. The average Bonchev–Trinajstić information content (AvgIpc) is 2.98. The molecule has 1 saturated carbocycles. The van der Waals surface area contributed by atoms with Gasteiger partial charge in [-0.25, -0.2) is 0 Å². The van der Waals surface area contributed by atoms with E-state index in [0.29, 0.717) is 0 Å². The van der Waals surface area contributed by atoms with Crippen LogP contribution in [0, 0.1) is 0 Å². The lowest BCUT2D eigenvalue weighted by molar-refractivity contribution is 0.395. The molecule has 1 aliphatic rings. The van der Waals surface area contributed by atoms with E-state index in [9.17, 15) is 0 Å². The van der Waals surface area contributed by atoms with Crippen LogP contribution in [-0.4, -0.2) is 5.16 Å². The maximum atomic E-state index is 5.27. The van der Waals surface area contributed by atoms with Crippen LogP contribution in [-0.2, 0) is 6.42 Å². The smallest absolute Gasteiger partial charge is 0.144 e. The molecule has 1 fully saturated rings. The Balaban J connectivity index is 2.15. The van der Waals surface area contributed by atoms with Crippen molar-refractivity contribution in [2.75, 3.05) is 0 Å². The monoisotopic (exact) mass is 187 g/mol. The van der Waals surface area contributed by atoms with Gasteiger partial charge in [0.15, 0.2) is 0 Å². The van der Waals surface area contributed by atoms with Gasteiger partial charge in [-0.1, -0.05) is 18.1 Å². The molecule has 0 aliphatic heterocycles. The summed E-state index contributed by atoms with van der Waals surface area (Å²) < 4.78 is 5.27. The SMILES string of the molecule is CCc1onc2cc(C3CC3)ccc12. The average molecular weight is 187 g/mol. The zero-order chi connectivity index (χ0) is 9.54. The van der Waals surface area contributed by atoms with Gasteiger partial charge in [-0.2, -0.15) is 0 Å². The summed E-state index contributed by atoms with van der Waals surface area (Å²) in [6, 6.07) is 6.55. The number of rotatable bonds is 2. The van der Waals surface area contributed by atoms with Crippen LogP contribution in [0.1, 0.15) is 37.0 Å². The minimum absolute atomic E-state index is 0.793. The van der Waals surface area contributed by atoms with Crippen LogP contribution in [0.15, 0.2) is 22.7 Å². The van der Waals surface area contributed by atoms with E-state index >= 15 is 0 Å². The van der Waals surface area contributed by atoms with Crippen molar-refractivity contribution >= 4 is 10.9 Å². The maximum Gasteiger partial charge on any atom is 0.144 e. The van der Waals surface area contributed by atoms with Crippen molar-refractivity contribution in [1.82, 2.24) is 5.16 Å². The molecule has 1 aromatic heterocycles. The third-order valence-corrected chi connectivity index (χ3v) is 2.95.